The number of benzene rings is 3. The third-order valence-electron chi connectivity index (χ3n) is 5.90. The highest BCUT2D eigenvalue weighted by atomic mass is 32.2. The van der Waals surface area contributed by atoms with E-state index in [1.54, 1.807) is 17.0 Å². The minimum Gasteiger partial charge on any atom is -0.373 e. The molecule has 0 radical (unpaired) electrons. The van der Waals surface area contributed by atoms with Crippen molar-refractivity contribution in [1.82, 2.24) is 4.31 Å². The van der Waals surface area contributed by atoms with E-state index in [2.05, 4.69) is 0 Å². The van der Waals surface area contributed by atoms with Gasteiger partial charge in [-0.3, -0.25) is 4.79 Å². The fourth-order valence-corrected chi connectivity index (χ4v) is 5.76. The predicted molar refractivity (Wildman–Crippen MR) is 133 cm³/mol. The molecule has 3 aromatic carbocycles. The van der Waals surface area contributed by atoms with Gasteiger partial charge in [0.05, 0.1) is 23.6 Å². The SMILES string of the molecule is Cc1ccc(N(Cc2ccccc2)C(=O)c2ccc(S(=O)(=O)N3C[C@@H](C)O[C@H](C)C3)cc2)cc1. The molecule has 6 nitrogen and oxygen atoms in total. The number of anilines is 1. The van der Waals surface area contributed by atoms with Crippen molar-refractivity contribution >= 4 is 21.6 Å². The highest BCUT2D eigenvalue weighted by Gasteiger charge is 2.32. The number of hydrogen-bond donors (Lipinski definition) is 0. The molecular weight excluding hydrogens is 448 g/mol. The van der Waals surface area contributed by atoms with Crippen LogP contribution in [-0.4, -0.2) is 43.9 Å². The molecule has 3 aromatic rings. The van der Waals surface area contributed by atoms with Crippen molar-refractivity contribution in [2.75, 3.05) is 18.0 Å². The number of rotatable bonds is 6. The van der Waals surface area contributed by atoms with Crippen molar-refractivity contribution in [2.24, 2.45) is 0 Å². The van der Waals surface area contributed by atoms with Gasteiger partial charge in [0.15, 0.2) is 0 Å². The second-order valence-electron chi connectivity index (χ2n) is 8.82. The van der Waals surface area contributed by atoms with Crippen LogP contribution in [0.1, 0.15) is 35.3 Å². The molecule has 0 unspecified atom stereocenters. The maximum absolute atomic E-state index is 13.5. The van der Waals surface area contributed by atoms with Gasteiger partial charge in [0.1, 0.15) is 0 Å². The van der Waals surface area contributed by atoms with Gasteiger partial charge in [-0.2, -0.15) is 4.31 Å². The number of hydrogen-bond acceptors (Lipinski definition) is 4. The van der Waals surface area contributed by atoms with E-state index in [0.29, 0.717) is 25.2 Å². The largest absolute Gasteiger partial charge is 0.373 e. The van der Waals surface area contributed by atoms with Gasteiger partial charge >= 0.3 is 0 Å². The Balaban J connectivity index is 1.60. The number of sulfonamides is 1. The van der Waals surface area contributed by atoms with Gasteiger partial charge in [0.25, 0.3) is 5.91 Å². The summed E-state index contributed by atoms with van der Waals surface area (Å²) in [6.45, 7) is 6.77. The predicted octanol–water partition coefficient (Wildman–Crippen LogP) is 4.64. The second-order valence-corrected chi connectivity index (χ2v) is 10.8. The van der Waals surface area contributed by atoms with Crippen LogP contribution < -0.4 is 4.90 Å². The lowest BCUT2D eigenvalue weighted by atomic mass is 10.1. The molecule has 178 valence electrons. The molecule has 1 amide bonds. The Morgan fingerprint density at radius 2 is 1.50 bits per heavy atom. The van der Waals surface area contributed by atoms with Crippen LogP contribution in [0, 0.1) is 6.92 Å². The van der Waals surface area contributed by atoms with E-state index >= 15 is 0 Å². The van der Waals surface area contributed by atoms with Crippen LogP contribution in [-0.2, 0) is 21.3 Å². The van der Waals surface area contributed by atoms with Crippen LogP contribution in [0.4, 0.5) is 5.69 Å². The van der Waals surface area contributed by atoms with E-state index in [9.17, 15) is 13.2 Å². The lowest BCUT2D eigenvalue weighted by Gasteiger charge is -2.34. The first-order chi connectivity index (χ1) is 16.2. The topological polar surface area (TPSA) is 66.9 Å². The van der Waals surface area contributed by atoms with Crippen molar-refractivity contribution in [3.05, 3.63) is 95.6 Å². The molecule has 2 atom stereocenters. The molecule has 0 spiro atoms. The van der Waals surface area contributed by atoms with Crippen LogP contribution in [0.25, 0.3) is 0 Å². The van der Waals surface area contributed by atoms with Crippen molar-refractivity contribution in [1.29, 1.82) is 0 Å². The number of aryl methyl sites for hydroxylation is 1. The zero-order chi connectivity index (χ0) is 24.3. The maximum atomic E-state index is 13.5. The van der Waals surface area contributed by atoms with E-state index < -0.39 is 10.0 Å². The number of morpholine rings is 1. The van der Waals surface area contributed by atoms with Crippen LogP contribution >= 0.6 is 0 Å². The summed E-state index contributed by atoms with van der Waals surface area (Å²) in [6.07, 6.45) is -0.333. The first-order valence-corrected chi connectivity index (χ1v) is 12.9. The van der Waals surface area contributed by atoms with Gasteiger partial charge in [-0.25, -0.2) is 8.42 Å². The van der Waals surface area contributed by atoms with Crippen molar-refractivity contribution < 1.29 is 17.9 Å². The lowest BCUT2D eigenvalue weighted by molar-refractivity contribution is -0.0440. The molecule has 0 aromatic heterocycles. The first kappa shape index (κ1) is 24.1. The molecule has 1 heterocycles. The van der Waals surface area contributed by atoms with Gasteiger partial charge in [-0.05, 0) is 62.7 Å². The molecule has 0 bridgehead atoms. The summed E-state index contributed by atoms with van der Waals surface area (Å²) in [4.78, 5) is 15.4. The Kier molecular flexibility index (Phi) is 7.16. The van der Waals surface area contributed by atoms with E-state index in [4.69, 9.17) is 4.74 Å². The molecule has 1 saturated heterocycles. The van der Waals surface area contributed by atoms with Gasteiger partial charge in [0, 0.05) is 24.3 Å². The highest BCUT2D eigenvalue weighted by molar-refractivity contribution is 7.89. The summed E-state index contributed by atoms with van der Waals surface area (Å²) < 4.78 is 33.4. The van der Waals surface area contributed by atoms with Crippen LogP contribution in [0.2, 0.25) is 0 Å². The average molecular weight is 479 g/mol. The number of amides is 1. The third-order valence-corrected chi connectivity index (χ3v) is 7.75. The molecule has 0 saturated carbocycles. The average Bonchev–Trinajstić information content (AvgIpc) is 2.83. The summed E-state index contributed by atoms with van der Waals surface area (Å²) >= 11 is 0. The molecule has 4 rings (SSSR count). The van der Waals surface area contributed by atoms with Gasteiger partial charge in [-0.15, -0.1) is 0 Å². The Bertz CT molecular complexity index is 1220. The fourth-order valence-electron chi connectivity index (χ4n) is 4.17. The minimum atomic E-state index is -3.67. The van der Waals surface area contributed by atoms with Gasteiger partial charge in [0.2, 0.25) is 10.0 Å². The Morgan fingerprint density at radius 1 is 0.912 bits per heavy atom. The van der Waals surface area contributed by atoms with Crippen LogP contribution in [0.15, 0.2) is 83.8 Å². The molecule has 7 heteroatoms. The fraction of sp³-hybridized carbons (Fsp3) is 0.296. The molecule has 34 heavy (non-hydrogen) atoms. The summed E-state index contributed by atoms with van der Waals surface area (Å²) in [6, 6.07) is 23.8. The first-order valence-electron chi connectivity index (χ1n) is 11.4. The van der Waals surface area contributed by atoms with Crippen molar-refractivity contribution in [3.63, 3.8) is 0 Å². The van der Waals surface area contributed by atoms with Crippen LogP contribution in [0.5, 0.6) is 0 Å². The third kappa shape index (κ3) is 5.38. The number of ether oxygens (including phenoxy) is 1. The van der Waals surface area contributed by atoms with Crippen LogP contribution in [0.3, 0.4) is 0 Å². The summed E-state index contributed by atoms with van der Waals surface area (Å²) in [7, 11) is -3.67. The Labute approximate surface area is 201 Å². The Morgan fingerprint density at radius 3 is 2.09 bits per heavy atom. The maximum Gasteiger partial charge on any atom is 0.258 e. The minimum absolute atomic E-state index is 0.166. The zero-order valence-electron chi connectivity index (χ0n) is 19.7. The highest BCUT2D eigenvalue weighted by Crippen LogP contribution is 2.24. The summed E-state index contributed by atoms with van der Waals surface area (Å²) in [5.74, 6) is -0.190. The van der Waals surface area contributed by atoms with Gasteiger partial charge < -0.3 is 9.64 Å². The molecule has 1 fully saturated rings. The molecular formula is C27H30N2O4S. The molecule has 1 aliphatic rings. The summed E-state index contributed by atoms with van der Waals surface area (Å²) in [5, 5.41) is 0. The van der Waals surface area contributed by atoms with E-state index in [-0.39, 0.29) is 23.0 Å². The van der Waals surface area contributed by atoms with E-state index in [1.165, 1.54) is 16.4 Å². The van der Waals surface area contributed by atoms with E-state index in [0.717, 1.165) is 16.8 Å². The molecule has 0 N–H and O–H groups in total. The monoisotopic (exact) mass is 478 g/mol. The van der Waals surface area contributed by atoms with Gasteiger partial charge in [-0.1, -0.05) is 48.0 Å². The number of carbonyl (C=O) groups excluding carboxylic acids is 1. The summed E-state index contributed by atoms with van der Waals surface area (Å²) in [5.41, 5.74) is 3.33. The zero-order valence-corrected chi connectivity index (χ0v) is 20.5. The lowest BCUT2D eigenvalue weighted by Crippen LogP contribution is -2.48. The smallest absolute Gasteiger partial charge is 0.258 e. The normalized spacial score (nSPS) is 19.0. The molecule has 0 aliphatic carbocycles. The quantitative estimate of drug-likeness (QED) is 0.518. The van der Waals surface area contributed by atoms with Crippen molar-refractivity contribution in [2.45, 2.75) is 44.4 Å². The molecule has 1 aliphatic heterocycles. The Hall–Kier alpha value is -3.00. The number of carbonyl (C=O) groups is 1. The standard InChI is InChI=1S/C27H30N2O4S/c1-20-9-13-25(14-10-20)29(19-23-7-5-4-6-8-23)27(30)24-11-15-26(16-12-24)34(31,32)28-17-21(2)33-22(3)18-28/h4-16,21-22H,17-19H2,1-3H3/t21-,22-/m1/s1. The second kappa shape index (κ2) is 10.1. The van der Waals surface area contributed by atoms with E-state index in [1.807, 2.05) is 75.4 Å². The number of nitrogens with zero attached hydrogens (tertiary/aromatic N) is 2. The van der Waals surface area contributed by atoms with Crippen molar-refractivity contribution in [3.8, 4) is 0 Å².